The third kappa shape index (κ3) is 6.76. The predicted molar refractivity (Wildman–Crippen MR) is 134 cm³/mol. The molecule has 0 N–H and O–H groups in total. The van der Waals surface area contributed by atoms with E-state index < -0.39 is 38.2 Å². The zero-order valence-electron chi connectivity index (χ0n) is 22.1. The summed E-state index contributed by atoms with van der Waals surface area (Å²) in [6.07, 6.45) is -1.15. The smallest absolute Gasteiger partial charge is 0.432 e. The normalized spacial score (nSPS) is 15.9. The Balaban J connectivity index is 2.08. The van der Waals surface area contributed by atoms with Crippen LogP contribution in [0.2, 0.25) is 18.1 Å². The minimum absolute atomic E-state index is 0.0376. The van der Waals surface area contributed by atoms with Crippen molar-refractivity contribution in [1.82, 2.24) is 0 Å². The third-order valence-corrected chi connectivity index (χ3v) is 10.6. The number of rotatable bonds is 10. The molecule has 0 spiro atoms. The van der Waals surface area contributed by atoms with Crippen molar-refractivity contribution in [3.8, 4) is 5.75 Å². The van der Waals surface area contributed by atoms with Crippen molar-refractivity contribution >= 4 is 14.3 Å². The average Bonchev–Trinajstić information content (AvgIpc) is 2.77. The molecule has 0 bridgehead atoms. The third-order valence-electron chi connectivity index (χ3n) is 6.29. The summed E-state index contributed by atoms with van der Waals surface area (Å²) in [5, 5.41) is 0.0376. The molecular formula is C27H35F3O4Si. The van der Waals surface area contributed by atoms with Gasteiger partial charge in [-0.05, 0) is 42.6 Å². The fraction of sp³-hybridized carbons (Fsp3) is 0.444. The van der Waals surface area contributed by atoms with E-state index in [-0.39, 0.29) is 5.04 Å². The van der Waals surface area contributed by atoms with E-state index in [4.69, 9.17) is 15.3 Å². The van der Waals surface area contributed by atoms with Crippen LogP contribution in [0.15, 0.2) is 66.7 Å². The molecule has 0 saturated carbocycles. The number of ether oxygens (including phenoxy) is 2. The van der Waals surface area contributed by atoms with Crippen LogP contribution < -0.4 is 4.43 Å². The first-order chi connectivity index (χ1) is 16.7. The molecular weight excluding hydrogens is 473 g/mol. The summed E-state index contributed by atoms with van der Waals surface area (Å²) in [5.74, 6) is -0.884. The Morgan fingerprint density at radius 1 is 1.00 bits per heavy atom. The number of alkyl halides is 3. The lowest BCUT2D eigenvalue weighted by atomic mass is 9.93. The number of carbonyl (C=O) groups is 1. The maximum atomic E-state index is 14.0. The van der Waals surface area contributed by atoms with Crippen LogP contribution in [0.4, 0.5) is 13.2 Å². The van der Waals surface area contributed by atoms with Gasteiger partial charge in [-0.1, -0.05) is 81.5 Å². The second kappa shape index (κ2) is 11.4. The van der Waals surface area contributed by atoms with E-state index in [1.807, 2.05) is 24.3 Å². The van der Waals surface area contributed by atoms with E-state index in [0.717, 1.165) is 30.6 Å². The van der Waals surface area contributed by atoms with Crippen molar-refractivity contribution in [3.63, 3.8) is 0 Å². The molecule has 0 fully saturated rings. The molecule has 35 heavy (non-hydrogen) atoms. The van der Waals surface area contributed by atoms with E-state index in [0.29, 0.717) is 12.8 Å². The SMILES string of the molecule is [2H][C@@H](/C=C/CCc1ccccc1O[Si](C)(C)C(C)(C)C)OC(=O)[C@@](OC)(c1ccccc1)C(F)(F)F. The first-order valence-corrected chi connectivity index (χ1v) is 14.3. The molecule has 0 aliphatic heterocycles. The van der Waals surface area contributed by atoms with Gasteiger partial charge in [0.25, 0.3) is 5.60 Å². The molecule has 4 nitrogen and oxygen atoms in total. The number of halogens is 3. The van der Waals surface area contributed by atoms with Crippen LogP contribution in [0, 0.1) is 0 Å². The Bertz CT molecular complexity index is 1040. The van der Waals surface area contributed by atoms with Crippen molar-refractivity contribution in [2.75, 3.05) is 13.7 Å². The number of hydrogen-bond acceptors (Lipinski definition) is 4. The molecule has 0 unspecified atom stereocenters. The molecule has 0 aliphatic carbocycles. The summed E-state index contributed by atoms with van der Waals surface area (Å²) in [7, 11) is -1.24. The van der Waals surface area contributed by atoms with Crippen LogP contribution >= 0.6 is 0 Å². The second-order valence-corrected chi connectivity index (χ2v) is 14.5. The van der Waals surface area contributed by atoms with Gasteiger partial charge in [0.15, 0.2) is 0 Å². The highest BCUT2D eigenvalue weighted by molar-refractivity contribution is 6.74. The van der Waals surface area contributed by atoms with Gasteiger partial charge in [-0.15, -0.1) is 0 Å². The number of aryl methyl sites for hydroxylation is 1. The van der Waals surface area contributed by atoms with Crippen LogP contribution in [0.3, 0.4) is 0 Å². The molecule has 2 aromatic carbocycles. The fourth-order valence-corrected chi connectivity index (χ4v) is 4.25. The maximum absolute atomic E-state index is 14.0. The highest BCUT2D eigenvalue weighted by Gasteiger charge is 2.64. The molecule has 2 aromatic rings. The topological polar surface area (TPSA) is 44.8 Å². The molecule has 2 rings (SSSR count). The van der Waals surface area contributed by atoms with Gasteiger partial charge in [-0.25, -0.2) is 4.79 Å². The minimum Gasteiger partial charge on any atom is -0.543 e. The number of benzene rings is 2. The quantitative estimate of drug-likeness (QED) is 0.193. The van der Waals surface area contributed by atoms with Gasteiger partial charge in [-0.2, -0.15) is 13.2 Å². The number of allylic oxidation sites excluding steroid dienone is 1. The van der Waals surface area contributed by atoms with Crippen LogP contribution in [0.25, 0.3) is 0 Å². The van der Waals surface area contributed by atoms with Gasteiger partial charge >= 0.3 is 12.1 Å². The lowest BCUT2D eigenvalue weighted by molar-refractivity contribution is -0.275. The first kappa shape index (κ1) is 27.0. The zero-order chi connectivity index (χ0) is 27.2. The summed E-state index contributed by atoms with van der Waals surface area (Å²) in [6, 6.07) is 14.3. The van der Waals surface area contributed by atoms with Crippen molar-refractivity contribution in [3.05, 3.63) is 77.9 Å². The van der Waals surface area contributed by atoms with E-state index in [9.17, 15) is 18.0 Å². The monoisotopic (exact) mass is 509 g/mol. The van der Waals surface area contributed by atoms with Gasteiger partial charge in [-0.3, -0.25) is 0 Å². The fourth-order valence-electron chi connectivity index (χ4n) is 3.20. The van der Waals surface area contributed by atoms with Gasteiger partial charge in [0, 0.05) is 12.7 Å². The van der Waals surface area contributed by atoms with Gasteiger partial charge in [0.1, 0.15) is 12.3 Å². The Kier molecular flexibility index (Phi) is 8.83. The Hall–Kier alpha value is -2.58. The molecule has 0 aliphatic rings. The van der Waals surface area contributed by atoms with Crippen molar-refractivity contribution in [1.29, 1.82) is 0 Å². The summed E-state index contributed by atoms with van der Waals surface area (Å²) in [6.45, 7) is 9.19. The lowest BCUT2D eigenvalue weighted by Gasteiger charge is -2.37. The van der Waals surface area contributed by atoms with Crippen molar-refractivity contribution in [2.45, 2.75) is 63.5 Å². The Morgan fingerprint density at radius 3 is 2.17 bits per heavy atom. The van der Waals surface area contributed by atoms with Crippen LogP contribution in [-0.2, 0) is 26.3 Å². The molecule has 8 heteroatoms. The summed E-state index contributed by atoms with van der Waals surface area (Å²) in [5.41, 5.74) is -2.74. The molecule has 0 saturated heterocycles. The van der Waals surface area contributed by atoms with Crippen molar-refractivity contribution < 1.29 is 33.2 Å². The molecule has 0 aromatic heterocycles. The lowest BCUT2D eigenvalue weighted by Crippen LogP contribution is -2.51. The largest absolute Gasteiger partial charge is 0.543 e. The molecule has 0 heterocycles. The van der Waals surface area contributed by atoms with Crippen LogP contribution in [-0.4, -0.2) is 34.2 Å². The van der Waals surface area contributed by atoms with Gasteiger partial charge < -0.3 is 13.9 Å². The van der Waals surface area contributed by atoms with E-state index in [1.54, 1.807) is 6.08 Å². The number of esters is 1. The van der Waals surface area contributed by atoms with E-state index in [1.165, 1.54) is 24.3 Å². The summed E-state index contributed by atoms with van der Waals surface area (Å²) < 4.78 is 65.9. The highest BCUT2D eigenvalue weighted by Crippen LogP contribution is 2.43. The average molecular weight is 510 g/mol. The predicted octanol–water partition coefficient (Wildman–Crippen LogP) is 7.21. The molecule has 2 atom stereocenters. The number of hydrogen-bond donors (Lipinski definition) is 0. The van der Waals surface area contributed by atoms with Gasteiger partial charge in [0.05, 0.1) is 1.37 Å². The number of para-hydroxylation sites is 1. The van der Waals surface area contributed by atoms with Gasteiger partial charge in [0.2, 0.25) is 8.32 Å². The second-order valence-electron chi connectivity index (χ2n) is 9.73. The standard InChI is InChI=1S/C27H35F3O4Si/c1-25(2,3)35(5,6)34-23-19-13-12-16-21(23)15-9-8-14-20-33-24(31)26(32-4,27(28,29)30)22-17-10-7-11-18-22/h7-8,10-14,16-19H,9,15,20H2,1-6H3/b14-8+/t26-/m0/s1/i20D/t20-,26-. The van der Waals surface area contributed by atoms with Crippen LogP contribution in [0.1, 0.15) is 39.7 Å². The van der Waals surface area contributed by atoms with E-state index >= 15 is 0 Å². The summed E-state index contributed by atoms with van der Waals surface area (Å²) >= 11 is 0. The maximum Gasteiger partial charge on any atom is 0.432 e. The Labute approximate surface area is 208 Å². The van der Waals surface area contributed by atoms with E-state index in [2.05, 4.69) is 33.9 Å². The molecule has 0 amide bonds. The number of carbonyl (C=O) groups excluding carboxylic acids is 1. The molecule has 192 valence electrons. The molecule has 0 radical (unpaired) electrons. The number of methoxy groups -OCH3 is 1. The first-order valence-electron chi connectivity index (χ1n) is 12.0. The van der Waals surface area contributed by atoms with Crippen molar-refractivity contribution in [2.24, 2.45) is 0 Å². The Morgan fingerprint density at radius 2 is 1.60 bits per heavy atom. The van der Waals surface area contributed by atoms with Crippen LogP contribution in [0.5, 0.6) is 5.75 Å². The minimum atomic E-state index is -5.09. The highest BCUT2D eigenvalue weighted by atomic mass is 28.4. The summed E-state index contributed by atoms with van der Waals surface area (Å²) in [4.78, 5) is 12.6. The zero-order valence-corrected chi connectivity index (χ0v) is 22.1.